The number of carbonyl (C=O) groups is 1. The lowest BCUT2D eigenvalue weighted by atomic mass is 9.98. The first-order chi connectivity index (χ1) is 12.1. The molecule has 0 radical (unpaired) electrons. The van der Waals surface area contributed by atoms with E-state index in [0.717, 1.165) is 32.5 Å². The van der Waals surface area contributed by atoms with Crippen molar-refractivity contribution in [2.24, 2.45) is 5.92 Å². The maximum atomic E-state index is 13.7. The van der Waals surface area contributed by atoms with E-state index in [1.807, 2.05) is 4.90 Å². The summed E-state index contributed by atoms with van der Waals surface area (Å²) in [6.07, 6.45) is 3.81. The van der Waals surface area contributed by atoms with E-state index in [-0.39, 0.29) is 18.0 Å². The number of rotatable bonds is 4. The van der Waals surface area contributed by atoms with Crippen molar-refractivity contribution in [3.63, 3.8) is 0 Å². The molecule has 25 heavy (non-hydrogen) atoms. The second kappa shape index (κ2) is 8.52. The second-order valence-electron chi connectivity index (χ2n) is 7.19. The van der Waals surface area contributed by atoms with Crippen molar-refractivity contribution in [2.75, 3.05) is 39.8 Å². The fraction of sp³-hybridized carbons (Fsp3) is 0.632. The molecule has 2 heterocycles. The summed E-state index contributed by atoms with van der Waals surface area (Å²) < 4.78 is 19.4. The van der Waals surface area contributed by atoms with Gasteiger partial charge in [-0.1, -0.05) is 12.1 Å². The number of carbonyl (C=O) groups excluding carboxylic acids is 1. The Labute approximate surface area is 149 Å². The molecule has 1 atom stereocenters. The molecule has 0 aliphatic carbocycles. The maximum Gasteiger partial charge on any atom is 0.317 e. The lowest BCUT2D eigenvalue weighted by Gasteiger charge is -2.33. The van der Waals surface area contributed by atoms with E-state index in [2.05, 4.69) is 17.3 Å². The fourth-order valence-corrected chi connectivity index (χ4v) is 3.68. The minimum atomic E-state index is -0.333. The maximum absolute atomic E-state index is 13.7. The summed E-state index contributed by atoms with van der Waals surface area (Å²) in [5.74, 6) is 0.511. The lowest BCUT2D eigenvalue weighted by Crippen LogP contribution is -2.48. The Kier molecular flexibility index (Phi) is 6.13. The van der Waals surface area contributed by atoms with Crippen LogP contribution in [0.15, 0.2) is 24.3 Å². The summed E-state index contributed by atoms with van der Waals surface area (Å²) in [5, 5.41) is 3.08. The quantitative estimate of drug-likeness (QED) is 0.909. The Balaban J connectivity index is 1.39. The topological polar surface area (TPSA) is 44.8 Å². The zero-order valence-electron chi connectivity index (χ0n) is 14.9. The van der Waals surface area contributed by atoms with Crippen LogP contribution in [0.3, 0.4) is 0 Å². The van der Waals surface area contributed by atoms with Crippen LogP contribution < -0.4 is 10.1 Å². The molecule has 1 aromatic carbocycles. The van der Waals surface area contributed by atoms with Gasteiger partial charge < -0.3 is 19.9 Å². The number of amides is 2. The summed E-state index contributed by atoms with van der Waals surface area (Å²) in [4.78, 5) is 16.5. The highest BCUT2D eigenvalue weighted by Gasteiger charge is 2.25. The number of piperidine rings is 2. The third-order valence-electron chi connectivity index (χ3n) is 5.12. The van der Waals surface area contributed by atoms with Gasteiger partial charge in [0.2, 0.25) is 0 Å². The smallest absolute Gasteiger partial charge is 0.317 e. The van der Waals surface area contributed by atoms with Gasteiger partial charge in [-0.25, -0.2) is 9.18 Å². The zero-order chi connectivity index (χ0) is 17.6. The van der Waals surface area contributed by atoms with E-state index in [0.29, 0.717) is 24.8 Å². The van der Waals surface area contributed by atoms with Crippen LogP contribution in [0.25, 0.3) is 0 Å². The van der Waals surface area contributed by atoms with Crippen LogP contribution >= 0.6 is 0 Å². The van der Waals surface area contributed by atoms with Gasteiger partial charge in [-0.05, 0) is 44.5 Å². The van der Waals surface area contributed by atoms with Crippen molar-refractivity contribution in [2.45, 2.75) is 31.8 Å². The molecule has 0 saturated carbocycles. The first-order valence-corrected chi connectivity index (χ1v) is 9.24. The van der Waals surface area contributed by atoms with E-state index < -0.39 is 0 Å². The Hall–Kier alpha value is -1.82. The summed E-state index contributed by atoms with van der Waals surface area (Å²) in [6, 6.07) is 6.48. The molecule has 1 N–H and O–H groups in total. The highest BCUT2D eigenvalue weighted by molar-refractivity contribution is 5.74. The van der Waals surface area contributed by atoms with Crippen molar-refractivity contribution in [3.05, 3.63) is 30.1 Å². The van der Waals surface area contributed by atoms with Crippen LogP contribution in [0.2, 0.25) is 0 Å². The van der Waals surface area contributed by atoms with Gasteiger partial charge in [0.25, 0.3) is 0 Å². The molecule has 0 aromatic heterocycles. The van der Waals surface area contributed by atoms with E-state index in [1.54, 1.807) is 18.2 Å². The number of benzene rings is 1. The first kappa shape index (κ1) is 18.0. The number of halogens is 1. The monoisotopic (exact) mass is 349 g/mol. The van der Waals surface area contributed by atoms with Crippen LogP contribution in [0.5, 0.6) is 5.75 Å². The first-order valence-electron chi connectivity index (χ1n) is 9.24. The number of nitrogens with zero attached hydrogens (tertiary/aromatic N) is 2. The minimum absolute atomic E-state index is 0.0116. The summed E-state index contributed by atoms with van der Waals surface area (Å²) >= 11 is 0. The number of para-hydroxylation sites is 1. The van der Waals surface area contributed by atoms with Gasteiger partial charge in [-0.3, -0.25) is 0 Å². The molecule has 2 aliphatic heterocycles. The van der Waals surface area contributed by atoms with Crippen molar-refractivity contribution in [1.29, 1.82) is 0 Å². The number of hydrogen-bond donors (Lipinski definition) is 1. The molecule has 5 nitrogen and oxygen atoms in total. The molecule has 6 heteroatoms. The predicted molar refractivity (Wildman–Crippen MR) is 95.2 cm³/mol. The molecule has 0 spiro atoms. The highest BCUT2D eigenvalue weighted by Crippen LogP contribution is 2.22. The molecule has 2 amide bonds. The Morgan fingerprint density at radius 1 is 1.24 bits per heavy atom. The molecule has 2 saturated heterocycles. The molecule has 2 fully saturated rings. The Morgan fingerprint density at radius 3 is 2.72 bits per heavy atom. The predicted octanol–water partition coefficient (Wildman–Crippen LogP) is 2.72. The van der Waals surface area contributed by atoms with Crippen molar-refractivity contribution in [3.8, 4) is 5.75 Å². The molecule has 0 unspecified atom stereocenters. The average Bonchev–Trinajstić information content (AvgIpc) is 2.62. The summed E-state index contributed by atoms with van der Waals surface area (Å²) in [5.41, 5.74) is 0. The van der Waals surface area contributed by atoms with Crippen molar-refractivity contribution >= 4 is 6.03 Å². The molecular formula is C19H28FN3O2. The second-order valence-corrected chi connectivity index (χ2v) is 7.19. The van der Waals surface area contributed by atoms with Gasteiger partial charge in [-0.15, -0.1) is 0 Å². The van der Waals surface area contributed by atoms with Crippen molar-refractivity contribution < 1.29 is 13.9 Å². The van der Waals surface area contributed by atoms with Gasteiger partial charge in [0.15, 0.2) is 11.6 Å². The van der Waals surface area contributed by atoms with E-state index in [4.69, 9.17) is 4.74 Å². The van der Waals surface area contributed by atoms with Crippen LogP contribution in [-0.2, 0) is 0 Å². The fourth-order valence-electron chi connectivity index (χ4n) is 3.68. The molecule has 3 rings (SSSR count). The molecule has 0 bridgehead atoms. The highest BCUT2D eigenvalue weighted by atomic mass is 19.1. The lowest BCUT2D eigenvalue weighted by molar-refractivity contribution is 0.106. The third-order valence-corrected chi connectivity index (χ3v) is 5.12. The van der Waals surface area contributed by atoms with Crippen molar-refractivity contribution in [1.82, 2.24) is 15.1 Å². The molecule has 2 aliphatic rings. The number of urea groups is 1. The number of likely N-dealkylation sites (tertiary alicyclic amines) is 2. The third kappa shape index (κ3) is 5.08. The van der Waals surface area contributed by atoms with E-state index >= 15 is 0 Å². The standard InChI is InChI=1S/C19H28FN3O2/c1-22-10-4-5-15(14-22)13-21-19(24)23-11-8-16(9-12-23)25-18-7-3-2-6-17(18)20/h2-3,6-7,15-16H,4-5,8-14H2,1H3,(H,21,24)/t15-/m0/s1. The van der Waals surface area contributed by atoms with Crippen LogP contribution in [0.1, 0.15) is 25.7 Å². The van der Waals surface area contributed by atoms with Gasteiger partial charge in [0.05, 0.1) is 0 Å². The number of hydrogen-bond acceptors (Lipinski definition) is 3. The van der Waals surface area contributed by atoms with Gasteiger partial charge >= 0.3 is 6.03 Å². The summed E-state index contributed by atoms with van der Waals surface area (Å²) in [6.45, 7) is 4.25. The van der Waals surface area contributed by atoms with Crippen LogP contribution in [0.4, 0.5) is 9.18 Å². The SMILES string of the molecule is CN1CCC[C@@H](CNC(=O)N2CCC(Oc3ccccc3F)CC2)C1. The van der Waals surface area contributed by atoms with Crippen LogP contribution in [0, 0.1) is 11.7 Å². The van der Waals surface area contributed by atoms with E-state index in [9.17, 15) is 9.18 Å². The van der Waals surface area contributed by atoms with Crippen LogP contribution in [-0.4, -0.2) is 61.7 Å². The largest absolute Gasteiger partial charge is 0.487 e. The Bertz CT molecular complexity index is 576. The molecular weight excluding hydrogens is 321 g/mol. The normalized spacial score (nSPS) is 22.6. The molecule has 1 aromatic rings. The molecule has 138 valence electrons. The number of nitrogens with one attached hydrogen (secondary N) is 1. The minimum Gasteiger partial charge on any atom is -0.487 e. The van der Waals surface area contributed by atoms with Gasteiger partial charge in [-0.2, -0.15) is 0 Å². The zero-order valence-corrected chi connectivity index (χ0v) is 14.9. The van der Waals surface area contributed by atoms with E-state index in [1.165, 1.54) is 18.9 Å². The Morgan fingerprint density at radius 2 is 2.00 bits per heavy atom. The summed E-state index contributed by atoms with van der Waals surface area (Å²) in [7, 11) is 2.13. The van der Waals surface area contributed by atoms with Gasteiger partial charge in [0.1, 0.15) is 6.10 Å². The van der Waals surface area contributed by atoms with Gasteiger partial charge in [0, 0.05) is 39.0 Å². The average molecular weight is 349 g/mol. The number of ether oxygens (including phenoxy) is 1.